The molecule has 0 atom stereocenters. The van der Waals surface area contributed by atoms with Crippen molar-refractivity contribution < 1.29 is 9.59 Å². The first kappa shape index (κ1) is 8.90. The molecule has 5 heteroatoms. The molecule has 2 rings (SSSR count). The van der Waals surface area contributed by atoms with Crippen LogP contribution in [0.5, 0.6) is 0 Å². The van der Waals surface area contributed by atoms with Gasteiger partial charge in [0.15, 0.2) is 0 Å². The summed E-state index contributed by atoms with van der Waals surface area (Å²) < 4.78 is 1.47. The predicted octanol–water partition coefficient (Wildman–Crippen LogP) is 2.35. The van der Waals surface area contributed by atoms with Gasteiger partial charge < -0.3 is 5.32 Å². The Labute approximate surface area is 90.8 Å². The van der Waals surface area contributed by atoms with Crippen molar-refractivity contribution in [3.05, 3.63) is 26.6 Å². The van der Waals surface area contributed by atoms with E-state index < -0.39 is 11.7 Å². The van der Waals surface area contributed by atoms with Crippen molar-refractivity contribution in [2.75, 3.05) is 5.32 Å². The largest absolute Gasteiger partial charge is 0.317 e. The van der Waals surface area contributed by atoms with E-state index in [0.29, 0.717) is 15.7 Å². The van der Waals surface area contributed by atoms with Gasteiger partial charge in [-0.1, -0.05) is 15.9 Å². The zero-order valence-electron chi connectivity index (χ0n) is 6.23. The quantitative estimate of drug-likeness (QED) is 0.748. The number of hydrogen-bond acceptors (Lipinski definition) is 2. The number of Topliss-reactive ketones (excluding diaryl/α,β-unsaturated/α-hetero) is 1. The van der Waals surface area contributed by atoms with E-state index in [1.807, 2.05) is 0 Å². The molecule has 1 aromatic rings. The molecule has 66 valence electrons. The second-order valence-electron chi connectivity index (χ2n) is 2.59. The fraction of sp³-hybridized carbons (Fsp3) is 0. The Kier molecular flexibility index (Phi) is 2.00. The van der Waals surface area contributed by atoms with Crippen LogP contribution in [0.4, 0.5) is 5.69 Å². The minimum atomic E-state index is -0.575. The molecule has 0 aliphatic carbocycles. The predicted molar refractivity (Wildman–Crippen MR) is 54.8 cm³/mol. The standard InChI is InChI=1S/C8H3Br2NO2/c9-3-1-4-6(5(10)2-3)11-8(13)7(4)12/h1-2H,(H,11,12,13). The van der Waals surface area contributed by atoms with Gasteiger partial charge >= 0.3 is 0 Å². The Morgan fingerprint density at radius 1 is 1.15 bits per heavy atom. The van der Waals surface area contributed by atoms with Gasteiger partial charge in [-0.2, -0.15) is 0 Å². The summed E-state index contributed by atoms with van der Waals surface area (Å²) >= 11 is 6.50. The van der Waals surface area contributed by atoms with Gasteiger partial charge in [0.1, 0.15) is 0 Å². The monoisotopic (exact) mass is 303 g/mol. The maximum Gasteiger partial charge on any atom is 0.296 e. The average Bonchev–Trinajstić information content (AvgIpc) is 2.32. The Bertz CT molecular complexity index is 428. The van der Waals surface area contributed by atoms with E-state index in [0.717, 1.165) is 4.47 Å². The summed E-state index contributed by atoms with van der Waals surface area (Å²) in [6.45, 7) is 0. The molecule has 0 spiro atoms. The Hall–Kier alpha value is -0.680. The van der Waals surface area contributed by atoms with Gasteiger partial charge in [0.25, 0.3) is 11.7 Å². The number of carbonyl (C=O) groups is 2. The number of rotatable bonds is 0. The summed E-state index contributed by atoms with van der Waals surface area (Å²) in [6, 6.07) is 3.40. The zero-order valence-corrected chi connectivity index (χ0v) is 9.40. The number of benzene rings is 1. The van der Waals surface area contributed by atoms with E-state index in [1.165, 1.54) is 0 Å². The van der Waals surface area contributed by atoms with Gasteiger partial charge in [-0.15, -0.1) is 0 Å². The molecule has 1 aromatic carbocycles. The molecule has 13 heavy (non-hydrogen) atoms. The number of fused-ring (bicyclic) bond motifs is 1. The summed E-state index contributed by atoms with van der Waals surface area (Å²) in [5.74, 6) is -1.06. The van der Waals surface area contributed by atoms with Crippen LogP contribution in [0.25, 0.3) is 0 Å². The topological polar surface area (TPSA) is 46.2 Å². The second-order valence-corrected chi connectivity index (χ2v) is 4.36. The van der Waals surface area contributed by atoms with Crippen LogP contribution in [-0.2, 0) is 4.79 Å². The molecule has 0 saturated heterocycles. The van der Waals surface area contributed by atoms with Crippen LogP contribution >= 0.6 is 31.9 Å². The Morgan fingerprint density at radius 3 is 2.54 bits per heavy atom. The van der Waals surface area contributed by atoms with Crippen LogP contribution in [-0.4, -0.2) is 11.7 Å². The van der Waals surface area contributed by atoms with Crippen LogP contribution in [0.2, 0.25) is 0 Å². The SMILES string of the molecule is O=C1Nc2c(Br)cc(Br)cc2C1=O. The first-order valence-electron chi connectivity index (χ1n) is 3.44. The first-order valence-corrected chi connectivity index (χ1v) is 5.03. The van der Waals surface area contributed by atoms with Crippen LogP contribution in [0.3, 0.4) is 0 Å². The highest BCUT2D eigenvalue weighted by molar-refractivity contribution is 9.11. The van der Waals surface area contributed by atoms with Crippen molar-refractivity contribution in [3.8, 4) is 0 Å². The maximum atomic E-state index is 11.2. The number of ketones is 1. The van der Waals surface area contributed by atoms with Gasteiger partial charge in [0.2, 0.25) is 0 Å². The van der Waals surface area contributed by atoms with Crippen molar-refractivity contribution in [2.45, 2.75) is 0 Å². The normalized spacial score (nSPS) is 14.3. The van der Waals surface area contributed by atoms with Crippen molar-refractivity contribution in [1.82, 2.24) is 0 Å². The summed E-state index contributed by atoms with van der Waals surface area (Å²) in [5, 5.41) is 2.49. The molecule has 1 aliphatic heterocycles. The summed E-state index contributed by atoms with van der Waals surface area (Å²) in [6.07, 6.45) is 0. The molecule has 1 heterocycles. The molecule has 0 unspecified atom stereocenters. The van der Waals surface area contributed by atoms with E-state index in [2.05, 4.69) is 37.2 Å². The number of halogens is 2. The molecule has 0 aromatic heterocycles. The van der Waals surface area contributed by atoms with E-state index >= 15 is 0 Å². The number of hydrogen-bond donors (Lipinski definition) is 1. The maximum absolute atomic E-state index is 11.2. The lowest BCUT2D eigenvalue weighted by Crippen LogP contribution is -2.12. The van der Waals surface area contributed by atoms with Crippen LogP contribution < -0.4 is 5.32 Å². The lowest BCUT2D eigenvalue weighted by atomic mass is 10.1. The molecule has 0 radical (unpaired) electrons. The fourth-order valence-corrected chi connectivity index (χ4v) is 2.50. The van der Waals surface area contributed by atoms with E-state index in [4.69, 9.17) is 0 Å². The lowest BCUT2D eigenvalue weighted by molar-refractivity contribution is -0.112. The van der Waals surface area contributed by atoms with E-state index in [1.54, 1.807) is 12.1 Å². The third-order valence-corrected chi connectivity index (χ3v) is 2.83. The minimum Gasteiger partial charge on any atom is -0.317 e. The zero-order chi connectivity index (χ0) is 9.59. The minimum absolute atomic E-state index is 0.409. The van der Waals surface area contributed by atoms with Gasteiger partial charge in [-0.3, -0.25) is 9.59 Å². The second kappa shape index (κ2) is 2.92. The molecule has 0 saturated carbocycles. The van der Waals surface area contributed by atoms with Crippen molar-refractivity contribution in [1.29, 1.82) is 0 Å². The van der Waals surface area contributed by atoms with Gasteiger partial charge in [-0.25, -0.2) is 0 Å². The molecule has 1 amide bonds. The number of nitrogens with one attached hydrogen (secondary N) is 1. The van der Waals surface area contributed by atoms with Crippen molar-refractivity contribution in [2.24, 2.45) is 0 Å². The first-order chi connectivity index (χ1) is 6.09. The van der Waals surface area contributed by atoms with Gasteiger partial charge in [0, 0.05) is 8.95 Å². The fourth-order valence-electron chi connectivity index (χ4n) is 1.17. The van der Waals surface area contributed by atoms with Crippen LogP contribution in [0.1, 0.15) is 10.4 Å². The molecule has 1 aliphatic rings. The van der Waals surface area contributed by atoms with Gasteiger partial charge in [0.05, 0.1) is 11.3 Å². The molecular formula is C8H3Br2NO2. The summed E-state index contributed by atoms with van der Waals surface area (Å²) in [7, 11) is 0. The smallest absolute Gasteiger partial charge is 0.296 e. The van der Waals surface area contributed by atoms with Crippen molar-refractivity contribution >= 4 is 49.2 Å². The average molecular weight is 305 g/mol. The van der Waals surface area contributed by atoms with E-state index in [-0.39, 0.29) is 0 Å². The molecule has 0 fully saturated rings. The van der Waals surface area contributed by atoms with Crippen LogP contribution in [0.15, 0.2) is 21.1 Å². The molecule has 0 bridgehead atoms. The highest BCUT2D eigenvalue weighted by Crippen LogP contribution is 2.34. The molecule has 3 nitrogen and oxygen atoms in total. The summed E-state index contributed by atoms with van der Waals surface area (Å²) in [4.78, 5) is 22.2. The van der Waals surface area contributed by atoms with E-state index in [9.17, 15) is 9.59 Å². The highest BCUT2D eigenvalue weighted by atomic mass is 79.9. The summed E-state index contributed by atoms with van der Waals surface area (Å²) in [5.41, 5.74) is 0.962. The number of anilines is 1. The van der Waals surface area contributed by atoms with Crippen molar-refractivity contribution in [3.63, 3.8) is 0 Å². The lowest BCUT2D eigenvalue weighted by Gasteiger charge is -2.00. The van der Waals surface area contributed by atoms with Crippen LogP contribution in [0, 0.1) is 0 Å². The third kappa shape index (κ3) is 1.32. The number of carbonyl (C=O) groups excluding carboxylic acids is 2. The molecule has 1 N–H and O–H groups in total. The highest BCUT2D eigenvalue weighted by Gasteiger charge is 2.29. The number of amides is 1. The molecular weight excluding hydrogens is 302 g/mol. The van der Waals surface area contributed by atoms with Gasteiger partial charge in [-0.05, 0) is 28.1 Å². The third-order valence-electron chi connectivity index (χ3n) is 1.74. The Morgan fingerprint density at radius 2 is 1.85 bits per heavy atom. The Balaban J connectivity index is 2.70.